The highest BCUT2D eigenvalue weighted by Gasteiger charge is 2.35. The second-order valence-corrected chi connectivity index (χ2v) is 6.68. The molecule has 0 saturated carbocycles. The molecule has 8 heteroatoms. The predicted molar refractivity (Wildman–Crippen MR) is 94.6 cm³/mol. The first kappa shape index (κ1) is 19.7. The first-order chi connectivity index (χ1) is 13.0. The third-order valence-corrected chi connectivity index (χ3v) is 4.65. The fourth-order valence-electron chi connectivity index (χ4n) is 3.25. The van der Waals surface area contributed by atoms with Crippen LogP contribution in [0.2, 0.25) is 0 Å². The number of benzene rings is 1. The molecular formula is C19H24F3N3O2. The maximum atomic E-state index is 12.8. The Morgan fingerprint density at radius 2 is 2.07 bits per heavy atom. The number of aryl methyl sites for hydroxylation is 1. The summed E-state index contributed by atoms with van der Waals surface area (Å²) in [5.74, 6) is 1.61. The Morgan fingerprint density at radius 3 is 2.85 bits per heavy atom. The van der Waals surface area contributed by atoms with E-state index in [1.165, 1.54) is 0 Å². The molecular weight excluding hydrogens is 359 g/mol. The van der Waals surface area contributed by atoms with E-state index in [4.69, 9.17) is 9.47 Å². The van der Waals surface area contributed by atoms with Gasteiger partial charge in [-0.2, -0.15) is 13.2 Å². The second kappa shape index (κ2) is 8.75. The second-order valence-electron chi connectivity index (χ2n) is 6.68. The number of halogens is 3. The summed E-state index contributed by atoms with van der Waals surface area (Å²) in [5, 5.41) is 3.40. The van der Waals surface area contributed by atoms with Gasteiger partial charge in [-0.1, -0.05) is 18.2 Å². The number of nitrogens with zero attached hydrogens (tertiary/aromatic N) is 2. The Labute approximate surface area is 156 Å². The summed E-state index contributed by atoms with van der Waals surface area (Å²) < 4.78 is 50.8. The topological polar surface area (TPSA) is 48.3 Å². The van der Waals surface area contributed by atoms with Crippen molar-refractivity contribution in [2.45, 2.75) is 32.1 Å². The van der Waals surface area contributed by atoms with Crippen LogP contribution in [0.5, 0.6) is 5.75 Å². The number of imidazole rings is 1. The van der Waals surface area contributed by atoms with Crippen molar-refractivity contribution in [3.8, 4) is 5.75 Å². The summed E-state index contributed by atoms with van der Waals surface area (Å²) in [5.41, 5.74) is 0.250. The number of rotatable bonds is 8. The van der Waals surface area contributed by atoms with Gasteiger partial charge >= 0.3 is 6.18 Å². The third-order valence-electron chi connectivity index (χ3n) is 4.65. The highest BCUT2D eigenvalue weighted by atomic mass is 19.4. The molecule has 27 heavy (non-hydrogen) atoms. The third kappa shape index (κ3) is 5.23. The molecule has 1 aliphatic heterocycles. The molecule has 0 saturated heterocycles. The lowest BCUT2D eigenvalue weighted by atomic mass is 9.99. The Balaban J connectivity index is 1.51. The van der Waals surface area contributed by atoms with Crippen molar-refractivity contribution in [1.82, 2.24) is 14.9 Å². The van der Waals surface area contributed by atoms with E-state index in [0.29, 0.717) is 38.5 Å². The average Bonchev–Trinajstić information content (AvgIpc) is 3.07. The van der Waals surface area contributed by atoms with Crippen molar-refractivity contribution >= 4 is 0 Å². The van der Waals surface area contributed by atoms with Crippen LogP contribution in [0.3, 0.4) is 0 Å². The van der Waals surface area contributed by atoms with Crippen molar-refractivity contribution < 1.29 is 22.6 Å². The molecule has 1 aromatic carbocycles. The smallest absolute Gasteiger partial charge is 0.434 e. The molecule has 3 rings (SSSR count). The maximum Gasteiger partial charge on any atom is 0.434 e. The predicted octanol–water partition coefficient (Wildman–Crippen LogP) is 3.28. The number of nitrogens with one attached hydrogen (secondary N) is 1. The van der Waals surface area contributed by atoms with Gasteiger partial charge in [-0.25, -0.2) is 4.98 Å². The zero-order valence-corrected chi connectivity index (χ0v) is 15.3. The highest BCUT2D eigenvalue weighted by molar-refractivity contribution is 5.33. The minimum Gasteiger partial charge on any atom is -0.491 e. The fraction of sp³-hybridized carbons (Fsp3) is 0.526. The van der Waals surface area contributed by atoms with Gasteiger partial charge in [0.2, 0.25) is 0 Å². The van der Waals surface area contributed by atoms with Crippen LogP contribution in [0.1, 0.15) is 23.5 Å². The minimum atomic E-state index is -4.38. The lowest BCUT2D eigenvalue weighted by Gasteiger charge is -2.24. The van der Waals surface area contributed by atoms with E-state index < -0.39 is 11.9 Å². The number of ether oxygens (including phenoxy) is 2. The number of hydrogen-bond donors (Lipinski definition) is 1. The van der Waals surface area contributed by atoms with E-state index in [-0.39, 0.29) is 5.92 Å². The fourth-order valence-corrected chi connectivity index (χ4v) is 3.25. The Bertz CT molecular complexity index is 746. The van der Waals surface area contributed by atoms with Crippen LogP contribution in [-0.4, -0.2) is 36.4 Å². The molecule has 1 atom stereocenters. The molecule has 2 aromatic rings. The van der Waals surface area contributed by atoms with E-state index in [9.17, 15) is 13.2 Å². The summed E-state index contributed by atoms with van der Waals surface area (Å²) in [7, 11) is 1.63. The number of para-hydroxylation sites is 1. The number of fused-ring (bicyclic) bond motifs is 1. The number of aromatic nitrogens is 2. The molecule has 2 heterocycles. The van der Waals surface area contributed by atoms with Gasteiger partial charge in [-0.05, 0) is 24.9 Å². The van der Waals surface area contributed by atoms with Gasteiger partial charge in [-0.15, -0.1) is 0 Å². The quantitative estimate of drug-likeness (QED) is 0.711. The van der Waals surface area contributed by atoms with Gasteiger partial charge in [0.1, 0.15) is 18.2 Å². The lowest BCUT2D eigenvalue weighted by molar-refractivity contribution is -0.141. The van der Waals surface area contributed by atoms with Crippen molar-refractivity contribution in [3.63, 3.8) is 0 Å². The van der Waals surface area contributed by atoms with Gasteiger partial charge in [0.25, 0.3) is 0 Å². The van der Waals surface area contributed by atoms with E-state index >= 15 is 0 Å². The molecule has 5 nitrogen and oxygen atoms in total. The molecule has 148 valence electrons. The first-order valence-electron chi connectivity index (χ1n) is 9.01. The summed E-state index contributed by atoms with van der Waals surface area (Å²) in [6, 6.07) is 7.80. The maximum absolute atomic E-state index is 12.8. The normalized spacial score (nSPS) is 17.0. The van der Waals surface area contributed by atoms with E-state index in [1.807, 2.05) is 24.3 Å². The molecule has 0 fully saturated rings. The zero-order valence-electron chi connectivity index (χ0n) is 15.3. The molecule has 1 unspecified atom stereocenters. The van der Waals surface area contributed by atoms with E-state index in [0.717, 1.165) is 30.5 Å². The molecule has 0 amide bonds. The molecule has 1 aliphatic rings. The summed E-state index contributed by atoms with van der Waals surface area (Å²) in [6.07, 6.45) is -1.86. The molecule has 0 aliphatic carbocycles. The monoisotopic (exact) mass is 383 g/mol. The Kier molecular flexibility index (Phi) is 6.38. The van der Waals surface area contributed by atoms with Gasteiger partial charge in [0.15, 0.2) is 5.69 Å². The largest absolute Gasteiger partial charge is 0.491 e. The standard InChI is InChI=1S/C19H24F3N3O2/c1-26-8-9-27-16-5-3-2-4-15(16)11-23-10-14-6-7-18-24-17(19(20,21)22)13-25(18)12-14/h2-5,13-14,23H,6-12H2,1H3. The summed E-state index contributed by atoms with van der Waals surface area (Å²) in [6.45, 7) is 2.94. The number of methoxy groups -OCH3 is 1. The number of alkyl halides is 3. The molecule has 1 N–H and O–H groups in total. The summed E-state index contributed by atoms with van der Waals surface area (Å²) >= 11 is 0. The van der Waals surface area contributed by atoms with Crippen LogP contribution in [0.4, 0.5) is 13.2 Å². The van der Waals surface area contributed by atoms with Crippen LogP contribution in [-0.2, 0) is 30.4 Å². The summed E-state index contributed by atoms with van der Waals surface area (Å²) in [4.78, 5) is 3.72. The van der Waals surface area contributed by atoms with Crippen LogP contribution < -0.4 is 10.1 Å². The van der Waals surface area contributed by atoms with Crippen molar-refractivity contribution in [1.29, 1.82) is 0 Å². The van der Waals surface area contributed by atoms with Crippen molar-refractivity contribution in [2.75, 3.05) is 26.9 Å². The van der Waals surface area contributed by atoms with Gasteiger partial charge in [0.05, 0.1) is 6.61 Å². The average molecular weight is 383 g/mol. The lowest BCUT2D eigenvalue weighted by Crippen LogP contribution is -2.29. The number of hydrogen-bond acceptors (Lipinski definition) is 4. The molecule has 1 aromatic heterocycles. The molecule has 0 spiro atoms. The van der Waals surface area contributed by atoms with Gasteiger partial charge in [0, 0.05) is 38.4 Å². The van der Waals surface area contributed by atoms with Gasteiger partial charge in [-0.3, -0.25) is 0 Å². The highest BCUT2D eigenvalue weighted by Crippen LogP contribution is 2.30. The molecule has 0 radical (unpaired) electrons. The SMILES string of the molecule is COCCOc1ccccc1CNCC1CCc2nc(C(F)(F)F)cn2C1. The van der Waals surface area contributed by atoms with Crippen molar-refractivity contribution in [3.05, 3.63) is 47.5 Å². The first-order valence-corrected chi connectivity index (χ1v) is 9.01. The van der Waals surface area contributed by atoms with Gasteiger partial charge < -0.3 is 19.4 Å². The minimum absolute atomic E-state index is 0.273. The van der Waals surface area contributed by atoms with Crippen LogP contribution >= 0.6 is 0 Å². The van der Waals surface area contributed by atoms with E-state index in [1.54, 1.807) is 11.7 Å². The Morgan fingerprint density at radius 1 is 1.26 bits per heavy atom. The Hall–Kier alpha value is -2.06. The van der Waals surface area contributed by atoms with Crippen LogP contribution in [0.25, 0.3) is 0 Å². The van der Waals surface area contributed by atoms with Crippen LogP contribution in [0, 0.1) is 5.92 Å². The van der Waals surface area contributed by atoms with Crippen LogP contribution in [0.15, 0.2) is 30.5 Å². The zero-order chi connectivity index (χ0) is 19.3. The van der Waals surface area contributed by atoms with E-state index in [2.05, 4.69) is 10.3 Å². The van der Waals surface area contributed by atoms with Crippen molar-refractivity contribution in [2.24, 2.45) is 5.92 Å². The molecule has 0 bridgehead atoms.